The van der Waals surface area contributed by atoms with Crippen molar-refractivity contribution in [1.82, 2.24) is 4.90 Å². The van der Waals surface area contributed by atoms with Crippen molar-refractivity contribution in [3.05, 3.63) is 11.3 Å². The van der Waals surface area contributed by atoms with Crippen LogP contribution in [-0.4, -0.2) is 51.6 Å². The molecule has 0 radical (unpaired) electrons. The maximum absolute atomic E-state index is 12.4. The van der Waals surface area contributed by atoms with Crippen LogP contribution >= 0.6 is 23.5 Å². The second-order valence-electron chi connectivity index (χ2n) is 5.82. The van der Waals surface area contributed by atoms with Gasteiger partial charge in [-0.25, -0.2) is 4.79 Å². The summed E-state index contributed by atoms with van der Waals surface area (Å²) in [5.74, 6) is 0.819. The number of thioether (sulfide) groups is 2. The second kappa shape index (κ2) is 5.61. The lowest BCUT2D eigenvalue weighted by Gasteiger charge is -2.48. The summed E-state index contributed by atoms with van der Waals surface area (Å²) in [7, 11) is 0. The molecule has 0 aromatic rings. The van der Waals surface area contributed by atoms with E-state index in [4.69, 9.17) is 10.5 Å². The van der Waals surface area contributed by atoms with E-state index >= 15 is 0 Å². The number of hydrogen-bond acceptors (Lipinski definition) is 6. The van der Waals surface area contributed by atoms with Crippen molar-refractivity contribution in [2.24, 2.45) is 5.73 Å². The van der Waals surface area contributed by atoms with Gasteiger partial charge in [-0.05, 0) is 32.6 Å². The summed E-state index contributed by atoms with van der Waals surface area (Å²) < 4.78 is 5.44. The van der Waals surface area contributed by atoms with E-state index in [2.05, 4.69) is 0 Å². The zero-order chi connectivity index (χ0) is 15.1. The van der Waals surface area contributed by atoms with Gasteiger partial charge in [0, 0.05) is 11.5 Å². The Morgan fingerprint density at radius 2 is 2.20 bits per heavy atom. The van der Waals surface area contributed by atoms with Crippen molar-refractivity contribution in [3.8, 4) is 0 Å². The van der Waals surface area contributed by atoms with Crippen molar-refractivity contribution in [2.75, 3.05) is 17.8 Å². The molecule has 2 aliphatic rings. The van der Waals surface area contributed by atoms with Crippen LogP contribution in [-0.2, 0) is 14.3 Å². The fraction of sp³-hybridized carbons (Fsp3) is 0.692. The molecule has 7 heteroatoms. The molecule has 1 fully saturated rings. The van der Waals surface area contributed by atoms with Gasteiger partial charge in [0.15, 0.2) is 0 Å². The van der Waals surface area contributed by atoms with Crippen molar-refractivity contribution in [1.29, 1.82) is 0 Å². The van der Waals surface area contributed by atoms with Gasteiger partial charge in [0.25, 0.3) is 0 Å². The lowest BCUT2D eigenvalue weighted by atomic mass is 10.0. The van der Waals surface area contributed by atoms with Crippen LogP contribution in [0.25, 0.3) is 0 Å². The second-order valence-corrected chi connectivity index (χ2v) is 7.79. The quantitative estimate of drug-likeness (QED) is 0.623. The van der Waals surface area contributed by atoms with Crippen LogP contribution in [0, 0.1) is 0 Å². The zero-order valence-electron chi connectivity index (χ0n) is 12.1. The molecular formula is C13H20N2O3S2. The van der Waals surface area contributed by atoms with Crippen LogP contribution in [0.4, 0.5) is 0 Å². The number of ether oxygens (including phenoxy) is 1. The Bertz CT molecular complexity index is 471. The van der Waals surface area contributed by atoms with Crippen LogP contribution < -0.4 is 5.73 Å². The van der Waals surface area contributed by atoms with Crippen molar-refractivity contribution >= 4 is 35.4 Å². The normalized spacial score (nSPS) is 26.2. The van der Waals surface area contributed by atoms with Gasteiger partial charge in [-0.15, -0.1) is 11.8 Å². The van der Waals surface area contributed by atoms with E-state index in [1.807, 2.05) is 27.0 Å². The van der Waals surface area contributed by atoms with E-state index in [0.29, 0.717) is 11.4 Å². The molecule has 0 spiro atoms. The molecule has 0 saturated carbocycles. The summed E-state index contributed by atoms with van der Waals surface area (Å²) in [6, 6.07) is -0.506. The van der Waals surface area contributed by atoms with Gasteiger partial charge < -0.3 is 10.5 Å². The third-order valence-corrected chi connectivity index (χ3v) is 5.00. The first-order chi connectivity index (χ1) is 9.26. The maximum Gasteiger partial charge on any atom is 0.355 e. The van der Waals surface area contributed by atoms with Gasteiger partial charge in [0.1, 0.15) is 22.7 Å². The average Bonchev–Trinajstić information content (AvgIpc) is 2.35. The molecule has 1 saturated heterocycles. The number of rotatable bonds is 3. The Hall–Kier alpha value is -0.660. The number of hydrogen-bond donors (Lipinski definition) is 1. The minimum atomic E-state index is -0.579. The summed E-state index contributed by atoms with van der Waals surface area (Å²) >= 11 is 3.24. The molecular weight excluding hydrogens is 296 g/mol. The molecule has 2 atom stereocenters. The Balaban J connectivity index is 2.31. The molecule has 1 amide bonds. The SMILES string of the molecule is CSCC1=C(C(=O)OC(C)(C)C)N2C(=O)C(N)[C@H]2SC1. The van der Waals surface area contributed by atoms with Crippen LogP contribution in [0.2, 0.25) is 0 Å². The first-order valence-corrected chi connectivity index (χ1v) is 8.85. The molecule has 20 heavy (non-hydrogen) atoms. The third-order valence-electron chi connectivity index (χ3n) is 3.00. The summed E-state index contributed by atoms with van der Waals surface area (Å²) in [4.78, 5) is 25.9. The highest BCUT2D eigenvalue weighted by molar-refractivity contribution is 8.00. The van der Waals surface area contributed by atoms with E-state index in [1.165, 1.54) is 4.90 Å². The Morgan fingerprint density at radius 3 is 2.75 bits per heavy atom. The Morgan fingerprint density at radius 1 is 1.55 bits per heavy atom. The van der Waals surface area contributed by atoms with Gasteiger partial charge in [0.05, 0.1) is 0 Å². The molecule has 0 aromatic heterocycles. The van der Waals surface area contributed by atoms with Crippen molar-refractivity contribution in [3.63, 3.8) is 0 Å². The summed E-state index contributed by atoms with van der Waals surface area (Å²) in [6.07, 6.45) is 1.97. The molecule has 1 unspecified atom stereocenters. The summed E-state index contributed by atoms with van der Waals surface area (Å²) in [5.41, 5.74) is 6.57. The van der Waals surface area contributed by atoms with Gasteiger partial charge >= 0.3 is 5.97 Å². The monoisotopic (exact) mass is 316 g/mol. The lowest BCUT2D eigenvalue weighted by molar-refractivity contribution is -0.157. The van der Waals surface area contributed by atoms with Crippen LogP contribution in [0.15, 0.2) is 11.3 Å². The van der Waals surface area contributed by atoms with E-state index in [1.54, 1.807) is 23.5 Å². The minimum absolute atomic E-state index is 0.129. The fourth-order valence-electron chi connectivity index (χ4n) is 2.18. The van der Waals surface area contributed by atoms with Crippen LogP contribution in [0.3, 0.4) is 0 Å². The predicted octanol–water partition coefficient (Wildman–Crippen LogP) is 1.19. The molecule has 0 bridgehead atoms. The number of amides is 1. The number of nitrogens with zero attached hydrogens (tertiary/aromatic N) is 1. The maximum atomic E-state index is 12.4. The first kappa shape index (κ1) is 15.7. The molecule has 0 aliphatic carbocycles. The Labute approximate surface area is 127 Å². The van der Waals surface area contributed by atoms with E-state index in [9.17, 15) is 9.59 Å². The number of nitrogens with two attached hydrogens (primary N) is 1. The number of β-lactam (4-membered cyclic amide) rings is 1. The number of fused-ring (bicyclic) bond motifs is 1. The molecule has 2 aliphatic heterocycles. The summed E-state index contributed by atoms with van der Waals surface area (Å²) in [6.45, 7) is 5.45. The standard InChI is InChI=1S/C13H20N2O3S2/c1-13(2,3)18-12(17)9-7(5-19-4)6-20-11-8(14)10(16)15(9)11/h8,11H,5-6,14H2,1-4H3/t8?,11-/m1/s1. The van der Waals surface area contributed by atoms with Gasteiger partial charge in [-0.3, -0.25) is 9.69 Å². The largest absolute Gasteiger partial charge is 0.455 e. The number of carbonyl (C=O) groups is 2. The van der Waals surface area contributed by atoms with E-state index < -0.39 is 17.6 Å². The highest BCUT2D eigenvalue weighted by Crippen LogP contribution is 2.40. The summed E-state index contributed by atoms with van der Waals surface area (Å²) in [5, 5.41) is -0.129. The van der Waals surface area contributed by atoms with Crippen molar-refractivity contribution < 1.29 is 14.3 Å². The van der Waals surface area contributed by atoms with Crippen molar-refractivity contribution in [2.45, 2.75) is 37.8 Å². The molecule has 2 N–H and O–H groups in total. The van der Waals surface area contributed by atoms with E-state index in [-0.39, 0.29) is 11.3 Å². The molecule has 5 nitrogen and oxygen atoms in total. The Kier molecular flexibility index (Phi) is 4.41. The van der Waals surface area contributed by atoms with Gasteiger partial charge in [-0.2, -0.15) is 11.8 Å². The highest BCUT2D eigenvalue weighted by Gasteiger charge is 2.52. The minimum Gasteiger partial charge on any atom is -0.455 e. The third kappa shape index (κ3) is 2.84. The lowest BCUT2D eigenvalue weighted by Crippen LogP contribution is -2.68. The topological polar surface area (TPSA) is 72.6 Å². The number of carbonyl (C=O) groups excluding carboxylic acids is 2. The zero-order valence-corrected chi connectivity index (χ0v) is 13.8. The van der Waals surface area contributed by atoms with Crippen LogP contribution in [0.1, 0.15) is 20.8 Å². The first-order valence-electron chi connectivity index (χ1n) is 6.41. The van der Waals surface area contributed by atoms with Gasteiger partial charge in [-0.1, -0.05) is 0 Å². The van der Waals surface area contributed by atoms with Gasteiger partial charge in [0.2, 0.25) is 5.91 Å². The molecule has 0 aromatic carbocycles. The highest BCUT2D eigenvalue weighted by atomic mass is 32.2. The molecule has 2 heterocycles. The van der Waals surface area contributed by atoms with E-state index in [0.717, 1.165) is 11.3 Å². The number of esters is 1. The molecule has 112 valence electrons. The van der Waals surface area contributed by atoms with Crippen LogP contribution in [0.5, 0.6) is 0 Å². The fourth-order valence-corrected chi connectivity index (χ4v) is 4.19. The molecule has 2 rings (SSSR count). The predicted molar refractivity (Wildman–Crippen MR) is 82.3 cm³/mol. The average molecular weight is 316 g/mol. The smallest absolute Gasteiger partial charge is 0.355 e.